The van der Waals surface area contributed by atoms with Gasteiger partial charge in [-0.15, -0.1) is 0 Å². The van der Waals surface area contributed by atoms with E-state index in [2.05, 4.69) is 30.3 Å². The normalized spacial score (nSPS) is 22.9. The highest BCUT2D eigenvalue weighted by atomic mass is 16.3. The van der Waals surface area contributed by atoms with E-state index in [0.29, 0.717) is 11.8 Å². The number of rotatable bonds is 4. The number of nitrogens with one attached hydrogen (secondary N) is 1. The summed E-state index contributed by atoms with van der Waals surface area (Å²) in [6, 6.07) is 8.44. The zero-order valence-electron chi connectivity index (χ0n) is 11.4. The molecule has 1 aromatic rings. The number of likely N-dealkylation sites (N-methyl/N-ethyl adjacent to an activating group) is 1. The summed E-state index contributed by atoms with van der Waals surface area (Å²) in [6.45, 7) is 4.39. The average molecular weight is 248 g/mol. The highest BCUT2D eigenvalue weighted by Crippen LogP contribution is 2.19. The molecular formula is C15H24N2O. The molecule has 0 spiro atoms. The van der Waals surface area contributed by atoms with Crippen LogP contribution in [0.3, 0.4) is 0 Å². The summed E-state index contributed by atoms with van der Waals surface area (Å²) in [7, 11) is 2.21. The van der Waals surface area contributed by atoms with E-state index < -0.39 is 0 Å². The minimum atomic E-state index is 0.285. The molecule has 0 bridgehead atoms. The van der Waals surface area contributed by atoms with Crippen LogP contribution in [-0.4, -0.2) is 36.2 Å². The molecule has 2 atom stereocenters. The van der Waals surface area contributed by atoms with Crippen molar-refractivity contribution in [2.45, 2.75) is 38.3 Å². The minimum Gasteiger partial charge on any atom is -0.508 e. The van der Waals surface area contributed by atoms with Crippen LogP contribution >= 0.6 is 0 Å². The smallest absolute Gasteiger partial charge is 0.115 e. The van der Waals surface area contributed by atoms with Crippen LogP contribution in [0.25, 0.3) is 0 Å². The molecule has 1 aliphatic rings. The first kappa shape index (κ1) is 13.4. The van der Waals surface area contributed by atoms with Crippen LogP contribution in [-0.2, 0) is 0 Å². The van der Waals surface area contributed by atoms with Gasteiger partial charge in [0.25, 0.3) is 0 Å². The summed E-state index contributed by atoms with van der Waals surface area (Å²) in [6.07, 6.45) is 3.96. The van der Waals surface area contributed by atoms with E-state index in [0.717, 1.165) is 12.1 Å². The fourth-order valence-electron chi connectivity index (χ4n) is 2.63. The van der Waals surface area contributed by atoms with Gasteiger partial charge in [-0.2, -0.15) is 0 Å². The lowest BCUT2D eigenvalue weighted by Gasteiger charge is -2.33. The Morgan fingerprint density at radius 3 is 3.00 bits per heavy atom. The zero-order valence-corrected chi connectivity index (χ0v) is 11.4. The van der Waals surface area contributed by atoms with Gasteiger partial charge in [-0.3, -0.25) is 0 Å². The number of hydrogen-bond acceptors (Lipinski definition) is 3. The highest BCUT2D eigenvalue weighted by molar-refractivity contribution is 5.29. The maximum absolute atomic E-state index is 9.48. The number of phenolic OH excluding ortho intramolecular Hbond substituents is 1. The maximum Gasteiger partial charge on any atom is 0.115 e. The van der Waals surface area contributed by atoms with E-state index in [1.54, 1.807) is 6.07 Å². The van der Waals surface area contributed by atoms with Crippen molar-refractivity contribution in [3.63, 3.8) is 0 Å². The van der Waals surface area contributed by atoms with Gasteiger partial charge in [-0.1, -0.05) is 18.6 Å². The maximum atomic E-state index is 9.48. The molecule has 3 nitrogen and oxygen atoms in total. The summed E-state index contributed by atoms with van der Waals surface area (Å²) < 4.78 is 0. The van der Waals surface area contributed by atoms with Crippen molar-refractivity contribution in [3.05, 3.63) is 29.8 Å². The molecule has 2 rings (SSSR count). The molecule has 0 radical (unpaired) electrons. The number of likely N-dealkylation sites (tertiary alicyclic amines) is 1. The molecule has 0 amide bonds. The van der Waals surface area contributed by atoms with Crippen LogP contribution in [0, 0.1) is 0 Å². The second kappa shape index (κ2) is 6.21. The van der Waals surface area contributed by atoms with Gasteiger partial charge in [-0.05, 0) is 51.1 Å². The van der Waals surface area contributed by atoms with Gasteiger partial charge in [0.05, 0.1) is 0 Å². The van der Waals surface area contributed by atoms with Crippen molar-refractivity contribution in [2.24, 2.45) is 0 Å². The van der Waals surface area contributed by atoms with Gasteiger partial charge in [0.1, 0.15) is 5.75 Å². The molecule has 2 unspecified atom stereocenters. The predicted molar refractivity (Wildman–Crippen MR) is 74.8 cm³/mol. The second-order valence-corrected chi connectivity index (χ2v) is 5.36. The van der Waals surface area contributed by atoms with Crippen LogP contribution in [0.15, 0.2) is 24.3 Å². The van der Waals surface area contributed by atoms with Crippen LogP contribution in [0.5, 0.6) is 5.75 Å². The molecule has 1 fully saturated rings. The Balaban J connectivity index is 1.86. The van der Waals surface area contributed by atoms with Crippen molar-refractivity contribution < 1.29 is 5.11 Å². The van der Waals surface area contributed by atoms with Crippen molar-refractivity contribution in [1.29, 1.82) is 0 Å². The summed E-state index contributed by atoms with van der Waals surface area (Å²) in [5.74, 6) is 0.343. The monoisotopic (exact) mass is 248 g/mol. The first-order chi connectivity index (χ1) is 8.66. The number of piperidine rings is 1. The molecule has 0 aliphatic carbocycles. The molecule has 2 N–H and O–H groups in total. The second-order valence-electron chi connectivity index (χ2n) is 5.36. The van der Waals surface area contributed by atoms with Crippen LogP contribution in [0.2, 0.25) is 0 Å². The molecule has 1 heterocycles. The van der Waals surface area contributed by atoms with Crippen LogP contribution in [0.1, 0.15) is 37.8 Å². The summed E-state index contributed by atoms with van der Waals surface area (Å²) >= 11 is 0. The molecule has 0 aromatic heterocycles. The molecule has 100 valence electrons. The topological polar surface area (TPSA) is 35.5 Å². The largest absolute Gasteiger partial charge is 0.508 e. The number of benzene rings is 1. The summed E-state index contributed by atoms with van der Waals surface area (Å²) in [5, 5.41) is 13.1. The predicted octanol–water partition coefficient (Wildman–Crippen LogP) is 2.53. The molecule has 1 saturated heterocycles. The lowest BCUT2D eigenvalue weighted by atomic mass is 10.0. The first-order valence-electron chi connectivity index (χ1n) is 6.89. The Bertz CT molecular complexity index is 381. The third kappa shape index (κ3) is 3.47. The van der Waals surface area contributed by atoms with Gasteiger partial charge in [-0.25, -0.2) is 0 Å². The average Bonchev–Trinajstić information content (AvgIpc) is 2.37. The molecule has 3 heteroatoms. The molecule has 0 saturated carbocycles. The lowest BCUT2D eigenvalue weighted by molar-refractivity contribution is 0.178. The van der Waals surface area contributed by atoms with Crippen LogP contribution < -0.4 is 5.32 Å². The van der Waals surface area contributed by atoms with E-state index in [-0.39, 0.29) is 6.04 Å². The van der Waals surface area contributed by atoms with Gasteiger partial charge in [0.15, 0.2) is 0 Å². The zero-order chi connectivity index (χ0) is 13.0. The quantitative estimate of drug-likeness (QED) is 0.859. The van der Waals surface area contributed by atoms with Crippen molar-refractivity contribution in [1.82, 2.24) is 10.2 Å². The van der Waals surface area contributed by atoms with Gasteiger partial charge in [0.2, 0.25) is 0 Å². The Kier molecular flexibility index (Phi) is 4.61. The fraction of sp³-hybridized carbons (Fsp3) is 0.600. The minimum absolute atomic E-state index is 0.285. The highest BCUT2D eigenvalue weighted by Gasteiger charge is 2.19. The summed E-state index contributed by atoms with van der Waals surface area (Å²) in [5.41, 5.74) is 1.15. The fourth-order valence-corrected chi connectivity index (χ4v) is 2.63. The van der Waals surface area contributed by atoms with Gasteiger partial charge in [0, 0.05) is 18.6 Å². The molecule has 1 aromatic carbocycles. The lowest BCUT2D eigenvalue weighted by Crippen LogP contribution is -2.43. The van der Waals surface area contributed by atoms with Gasteiger partial charge < -0.3 is 15.3 Å². The standard InChI is InChI=1S/C15H24N2O/c1-12(13-6-5-8-15(18)10-13)16-11-14-7-3-4-9-17(14)2/h5-6,8,10,12,14,16,18H,3-4,7,9,11H2,1-2H3. The van der Waals surface area contributed by atoms with Gasteiger partial charge >= 0.3 is 0 Å². The van der Waals surface area contributed by atoms with E-state index in [9.17, 15) is 5.11 Å². The van der Waals surface area contributed by atoms with Crippen molar-refractivity contribution in [3.8, 4) is 5.75 Å². The molecule has 18 heavy (non-hydrogen) atoms. The Morgan fingerprint density at radius 1 is 1.44 bits per heavy atom. The number of hydrogen-bond donors (Lipinski definition) is 2. The Hall–Kier alpha value is -1.06. The third-order valence-electron chi connectivity index (χ3n) is 3.95. The van der Waals surface area contributed by atoms with E-state index in [4.69, 9.17) is 0 Å². The van der Waals surface area contributed by atoms with Crippen molar-refractivity contribution >= 4 is 0 Å². The van der Waals surface area contributed by atoms with Crippen LogP contribution in [0.4, 0.5) is 0 Å². The first-order valence-corrected chi connectivity index (χ1v) is 6.89. The Labute approximate surface area is 110 Å². The number of phenols is 1. The molecular weight excluding hydrogens is 224 g/mol. The van der Waals surface area contributed by atoms with E-state index >= 15 is 0 Å². The number of aromatic hydroxyl groups is 1. The third-order valence-corrected chi connectivity index (χ3v) is 3.95. The Morgan fingerprint density at radius 2 is 2.28 bits per heavy atom. The summed E-state index contributed by atoms with van der Waals surface area (Å²) in [4.78, 5) is 2.45. The van der Waals surface area contributed by atoms with Crippen molar-refractivity contribution in [2.75, 3.05) is 20.1 Å². The SMILES string of the molecule is CC(NCC1CCCCN1C)c1cccc(O)c1. The number of nitrogens with zero attached hydrogens (tertiary/aromatic N) is 1. The van der Waals surface area contributed by atoms with E-state index in [1.807, 2.05) is 12.1 Å². The van der Waals surface area contributed by atoms with E-state index in [1.165, 1.54) is 25.8 Å². The molecule has 1 aliphatic heterocycles.